The fourth-order valence-electron chi connectivity index (χ4n) is 4.87. The zero-order valence-corrected chi connectivity index (χ0v) is 28.2. The van der Waals surface area contributed by atoms with E-state index < -0.39 is 23.5 Å². The Labute approximate surface area is 263 Å². The quantitative estimate of drug-likeness (QED) is 0.0444. The Morgan fingerprint density at radius 2 is 0.791 bits per heavy atom. The highest BCUT2D eigenvalue weighted by molar-refractivity contribution is 5.82. The van der Waals surface area contributed by atoms with Crippen molar-refractivity contribution in [1.82, 2.24) is 0 Å². The summed E-state index contributed by atoms with van der Waals surface area (Å²) in [6.45, 7) is 8.91. The van der Waals surface area contributed by atoms with Crippen LogP contribution in [0.4, 0.5) is 0 Å². The maximum absolute atomic E-state index is 12.8. The van der Waals surface area contributed by atoms with E-state index in [1.54, 1.807) is 12.2 Å². The molecule has 0 aromatic heterocycles. The van der Waals surface area contributed by atoms with E-state index in [9.17, 15) is 19.8 Å². The van der Waals surface area contributed by atoms with Gasteiger partial charge >= 0.3 is 11.9 Å². The van der Waals surface area contributed by atoms with Crippen molar-refractivity contribution in [2.45, 2.75) is 181 Å². The van der Waals surface area contributed by atoms with Gasteiger partial charge in [0.25, 0.3) is 11.6 Å². The Bertz CT molecular complexity index is 675. The molecule has 0 aromatic carbocycles. The van der Waals surface area contributed by atoms with Crippen LogP contribution in [0.1, 0.15) is 169 Å². The average Bonchev–Trinajstić information content (AvgIpc) is 2.99. The first-order valence-corrected chi connectivity index (χ1v) is 17.6. The monoisotopic (exact) mass is 610 g/mol. The molecule has 0 rings (SSSR count). The highest BCUT2D eigenvalue weighted by Gasteiger charge is 2.51. The molecule has 0 fully saturated rings. The van der Waals surface area contributed by atoms with E-state index in [1.807, 2.05) is 0 Å². The number of ether oxygens (including phenoxy) is 3. The molecule has 0 aliphatic carbocycles. The number of rotatable bonds is 32. The summed E-state index contributed by atoms with van der Waals surface area (Å²) in [7, 11) is 0. The van der Waals surface area contributed by atoms with E-state index in [2.05, 4.69) is 27.7 Å². The van der Waals surface area contributed by atoms with Crippen molar-refractivity contribution in [2.75, 3.05) is 13.2 Å². The molecule has 0 radical (unpaired) electrons. The number of aliphatic carboxylic acids is 2. The zero-order valence-electron chi connectivity index (χ0n) is 28.2. The Hall–Kier alpha value is -1.70. The Balaban J connectivity index is 6.00. The maximum atomic E-state index is 12.8. The van der Waals surface area contributed by atoms with Crippen LogP contribution in [0.3, 0.4) is 0 Å². The molecular formula is C36H66O7. The van der Waals surface area contributed by atoms with Crippen molar-refractivity contribution < 1.29 is 34.0 Å². The van der Waals surface area contributed by atoms with Crippen LogP contribution in [-0.2, 0) is 23.8 Å². The van der Waals surface area contributed by atoms with Gasteiger partial charge in [0.15, 0.2) is 0 Å². The largest absolute Gasteiger partial charge is 0.477 e. The number of carbonyl (C=O) groups is 2. The maximum Gasteiger partial charge on any atom is 0.369 e. The Morgan fingerprint density at radius 3 is 1.12 bits per heavy atom. The lowest BCUT2D eigenvalue weighted by Crippen LogP contribution is -2.55. The average molecular weight is 611 g/mol. The molecule has 2 atom stereocenters. The van der Waals surface area contributed by atoms with Crippen LogP contribution in [0.2, 0.25) is 0 Å². The third-order valence-electron chi connectivity index (χ3n) is 7.65. The smallest absolute Gasteiger partial charge is 0.369 e. The molecule has 0 heterocycles. The molecule has 0 amide bonds. The molecule has 0 spiro atoms. The lowest BCUT2D eigenvalue weighted by molar-refractivity contribution is -0.310. The molecule has 252 valence electrons. The first-order chi connectivity index (χ1) is 20.8. The van der Waals surface area contributed by atoms with Crippen molar-refractivity contribution >= 4 is 11.9 Å². The molecular weight excluding hydrogens is 544 g/mol. The molecule has 0 aliphatic heterocycles. The van der Waals surface area contributed by atoms with Gasteiger partial charge in [0.05, 0.1) is 13.2 Å². The highest BCUT2D eigenvalue weighted by atomic mass is 16.8. The van der Waals surface area contributed by atoms with E-state index in [1.165, 1.54) is 25.0 Å². The Kier molecular flexibility index (Phi) is 26.7. The summed E-state index contributed by atoms with van der Waals surface area (Å²) in [5.74, 6) is -7.32. The van der Waals surface area contributed by atoms with Gasteiger partial charge in [0, 0.05) is 0 Å². The van der Waals surface area contributed by atoms with Gasteiger partial charge in [-0.15, -0.1) is 0 Å². The molecule has 0 bridgehead atoms. The summed E-state index contributed by atoms with van der Waals surface area (Å²) in [6, 6.07) is 0. The summed E-state index contributed by atoms with van der Waals surface area (Å²) in [4.78, 5) is 25.7. The van der Waals surface area contributed by atoms with Gasteiger partial charge in [-0.05, 0) is 50.7 Å². The van der Waals surface area contributed by atoms with E-state index in [0.717, 1.165) is 103 Å². The van der Waals surface area contributed by atoms with Crippen molar-refractivity contribution in [3.05, 3.63) is 24.3 Å². The first kappa shape index (κ1) is 41.3. The zero-order chi connectivity index (χ0) is 32.1. The van der Waals surface area contributed by atoms with Crippen LogP contribution in [0.5, 0.6) is 0 Å². The molecule has 7 heteroatoms. The lowest BCUT2D eigenvalue weighted by atomic mass is 10.1. The number of hydrogen-bond donors (Lipinski definition) is 2. The number of hydrogen-bond acceptors (Lipinski definition) is 5. The molecule has 7 nitrogen and oxygen atoms in total. The SMILES string of the molecule is CCCCCCC=CC(OCCCCCCCC)(OC(C=CCCCCCC)(OCCCCCCCC)C(=O)O)C(=O)O. The molecule has 43 heavy (non-hydrogen) atoms. The summed E-state index contributed by atoms with van der Waals surface area (Å²) < 4.78 is 18.0. The molecule has 0 saturated carbocycles. The van der Waals surface area contributed by atoms with Gasteiger partial charge in [-0.1, -0.05) is 143 Å². The number of unbranched alkanes of at least 4 members (excludes halogenated alkanes) is 18. The van der Waals surface area contributed by atoms with E-state index >= 15 is 0 Å². The third-order valence-corrected chi connectivity index (χ3v) is 7.65. The van der Waals surface area contributed by atoms with Gasteiger partial charge in [-0.2, -0.15) is 0 Å². The second-order valence-electron chi connectivity index (χ2n) is 11.8. The summed E-state index contributed by atoms with van der Waals surface area (Å²) in [6.07, 6.45) is 28.1. The predicted molar refractivity (Wildman–Crippen MR) is 176 cm³/mol. The minimum Gasteiger partial charge on any atom is -0.477 e. The first-order valence-electron chi connectivity index (χ1n) is 17.6. The third kappa shape index (κ3) is 20.0. The van der Waals surface area contributed by atoms with Crippen LogP contribution in [0.25, 0.3) is 0 Å². The number of carboxylic acids is 2. The fourth-order valence-corrected chi connectivity index (χ4v) is 4.87. The highest BCUT2D eigenvalue weighted by Crippen LogP contribution is 2.30. The fraction of sp³-hybridized carbons (Fsp3) is 0.833. The Morgan fingerprint density at radius 1 is 0.488 bits per heavy atom. The normalized spacial score (nSPS) is 14.8. The van der Waals surface area contributed by atoms with Crippen molar-refractivity contribution in [3.63, 3.8) is 0 Å². The van der Waals surface area contributed by atoms with Crippen molar-refractivity contribution in [1.29, 1.82) is 0 Å². The van der Waals surface area contributed by atoms with E-state index in [0.29, 0.717) is 25.7 Å². The molecule has 0 saturated heterocycles. The minimum absolute atomic E-state index is 0.145. The standard InChI is InChI=1S/C36H66O7/c1-5-9-13-17-21-25-29-35(33(37)38,41-31-27-23-19-15-11-7-3)43-36(34(39)40,30-26-22-18-14-10-6-2)42-32-28-24-20-16-12-8-4/h25-26,29-30H,5-24,27-28,31-32H2,1-4H3,(H,37,38)(H,39,40). The summed E-state index contributed by atoms with van der Waals surface area (Å²) in [5, 5.41) is 20.9. The second kappa shape index (κ2) is 27.8. The van der Waals surface area contributed by atoms with Crippen molar-refractivity contribution in [3.8, 4) is 0 Å². The minimum atomic E-state index is -2.28. The lowest BCUT2D eigenvalue weighted by Gasteiger charge is -2.35. The van der Waals surface area contributed by atoms with Gasteiger partial charge < -0.3 is 19.7 Å². The summed E-state index contributed by atoms with van der Waals surface area (Å²) >= 11 is 0. The van der Waals surface area contributed by atoms with Crippen LogP contribution >= 0.6 is 0 Å². The van der Waals surface area contributed by atoms with Crippen LogP contribution in [-0.4, -0.2) is 46.9 Å². The van der Waals surface area contributed by atoms with Gasteiger partial charge in [0.1, 0.15) is 0 Å². The molecule has 0 aliphatic rings. The van der Waals surface area contributed by atoms with Crippen LogP contribution in [0, 0.1) is 0 Å². The van der Waals surface area contributed by atoms with E-state index in [4.69, 9.17) is 14.2 Å². The van der Waals surface area contributed by atoms with E-state index in [-0.39, 0.29) is 13.2 Å². The molecule has 2 N–H and O–H groups in total. The van der Waals surface area contributed by atoms with Crippen LogP contribution < -0.4 is 0 Å². The summed E-state index contributed by atoms with van der Waals surface area (Å²) in [5.41, 5.74) is 0. The van der Waals surface area contributed by atoms with Gasteiger partial charge in [-0.3, -0.25) is 4.74 Å². The topological polar surface area (TPSA) is 102 Å². The number of carboxylic acid groups (broad SMARTS) is 2. The second-order valence-corrected chi connectivity index (χ2v) is 11.8. The molecule has 0 aromatic rings. The predicted octanol–water partition coefficient (Wildman–Crippen LogP) is 10.4. The van der Waals surface area contributed by atoms with Crippen molar-refractivity contribution in [2.24, 2.45) is 0 Å². The van der Waals surface area contributed by atoms with Gasteiger partial charge in [-0.25, -0.2) is 9.59 Å². The van der Waals surface area contributed by atoms with Gasteiger partial charge in [0.2, 0.25) is 0 Å². The molecule has 2 unspecified atom stereocenters. The number of allylic oxidation sites excluding steroid dienone is 2. The van der Waals surface area contributed by atoms with Crippen LogP contribution in [0.15, 0.2) is 24.3 Å².